The molecule has 24 heavy (non-hydrogen) atoms. The van der Waals surface area contributed by atoms with Crippen LogP contribution in [0.25, 0.3) is 12.2 Å². The number of aromatic nitrogens is 1. The first-order chi connectivity index (χ1) is 11.7. The Labute approximate surface area is 138 Å². The number of oxazole rings is 1. The second kappa shape index (κ2) is 7.25. The van der Waals surface area contributed by atoms with E-state index in [1.54, 1.807) is 24.3 Å². The second-order valence-electron chi connectivity index (χ2n) is 5.07. The summed E-state index contributed by atoms with van der Waals surface area (Å²) in [6, 6.07) is 17.8. The molecule has 0 unspecified atom stereocenters. The van der Waals surface area contributed by atoms with E-state index in [0.29, 0.717) is 18.3 Å². The summed E-state index contributed by atoms with van der Waals surface area (Å²) in [6.07, 6.45) is 3.38. The first kappa shape index (κ1) is 15.5. The molecule has 3 rings (SSSR count). The Hall–Kier alpha value is -3.39. The molecule has 0 spiro atoms. The number of hydrogen-bond acceptors (Lipinski definition) is 4. The van der Waals surface area contributed by atoms with Crippen molar-refractivity contribution in [3.05, 3.63) is 83.1 Å². The van der Waals surface area contributed by atoms with Gasteiger partial charge in [-0.3, -0.25) is 0 Å². The van der Waals surface area contributed by atoms with Crippen LogP contribution in [0.15, 0.2) is 59.0 Å². The molecule has 0 saturated carbocycles. The lowest BCUT2D eigenvalue weighted by Crippen LogP contribution is -1.99. The number of halogens is 1. The van der Waals surface area contributed by atoms with Crippen LogP contribution in [0.4, 0.5) is 10.3 Å². The van der Waals surface area contributed by atoms with Crippen molar-refractivity contribution in [2.45, 2.75) is 6.54 Å². The molecule has 2 aromatic carbocycles. The molecule has 0 radical (unpaired) electrons. The van der Waals surface area contributed by atoms with E-state index >= 15 is 0 Å². The van der Waals surface area contributed by atoms with Gasteiger partial charge in [0.15, 0.2) is 0 Å². The molecule has 4 nitrogen and oxygen atoms in total. The number of benzene rings is 2. The van der Waals surface area contributed by atoms with E-state index in [1.807, 2.05) is 36.4 Å². The van der Waals surface area contributed by atoms with Crippen molar-refractivity contribution in [1.82, 2.24) is 4.98 Å². The predicted octanol–water partition coefficient (Wildman–Crippen LogP) is 4.47. The summed E-state index contributed by atoms with van der Waals surface area (Å²) in [5.74, 6) is 0.356. The standard InChI is InChI=1S/C19H14FN3O/c20-16-9-6-14(7-10-16)8-11-18-23-17(12-21)19(24-18)22-13-15-4-2-1-3-5-15/h1-11,22H,13H2/b11-8+. The summed E-state index contributed by atoms with van der Waals surface area (Å²) in [4.78, 5) is 4.12. The van der Waals surface area contributed by atoms with Gasteiger partial charge >= 0.3 is 0 Å². The van der Waals surface area contributed by atoms with E-state index in [-0.39, 0.29) is 11.5 Å². The molecular formula is C19H14FN3O. The van der Waals surface area contributed by atoms with E-state index in [0.717, 1.165) is 11.1 Å². The van der Waals surface area contributed by atoms with E-state index in [4.69, 9.17) is 9.68 Å². The maximum atomic E-state index is 12.9. The van der Waals surface area contributed by atoms with Gasteiger partial charge in [-0.2, -0.15) is 10.2 Å². The topological polar surface area (TPSA) is 61.9 Å². The number of nitrogens with one attached hydrogen (secondary N) is 1. The molecule has 3 aromatic rings. The average molecular weight is 319 g/mol. The van der Waals surface area contributed by atoms with Crippen LogP contribution in [0, 0.1) is 17.1 Å². The molecule has 0 aliphatic heterocycles. The Balaban J connectivity index is 1.72. The molecular weight excluding hydrogens is 305 g/mol. The molecule has 0 fully saturated rings. The van der Waals surface area contributed by atoms with Crippen LogP contribution >= 0.6 is 0 Å². The summed E-state index contributed by atoms with van der Waals surface area (Å²) in [5, 5.41) is 12.2. The lowest BCUT2D eigenvalue weighted by molar-refractivity contribution is 0.557. The normalized spacial score (nSPS) is 10.7. The van der Waals surface area contributed by atoms with Gasteiger partial charge in [0, 0.05) is 12.6 Å². The van der Waals surface area contributed by atoms with E-state index in [9.17, 15) is 4.39 Å². The second-order valence-corrected chi connectivity index (χ2v) is 5.07. The van der Waals surface area contributed by atoms with Crippen molar-refractivity contribution in [2.24, 2.45) is 0 Å². The Kier molecular flexibility index (Phi) is 4.68. The van der Waals surface area contributed by atoms with Crippen LogP contribution < -0.4 is 5.32 Å². The fraction of sp³-hybridized carbons (Fsp3) is 0.0526. The molecule has 0 atom stereocenters. The minimum Gasteiger partial charge on any atom is -0.420 e. The molecule has 0 bridgehead atoms. The van der Waals surface area contributed by atoms with Gasteiger partial charge in [0.2, 0.25) is 17.5 Å². The van der Waals surface area contributed by atoms with Gasteiger partial charge in [-0.1, -0.05) is 42.5 Å². The third-order valence-corrected chi connectivity index (χ3v) is 3.33. The van der Waals surface area contributed by atoms with Gasteiger partial charge in [-0.25, -0.2) is 4.39 Å². The van der Waals surface area contributed by atoms with Crippen molar-refractivity contribution in [3.63, 3.8) is 0 Å². The number of nitriles is 1. The number of anilines is 1. The Morgan fingerprint density at radius 1 is 1.08 bits per heavy atom. The van der Waals surface area contributed by atoms with Crippen LogP contribution in [0.5, 0.6) is 0 Å². The van der Waals surface area contributed by atoms with Crippen molar-refractivity contribution < 1.29 is 8.81 Å². The van der Waals surface area contributed by atoms with Crippen molar-refractivity contribution in [1.29, 1.82) is 5.26 Å². The summed E-state index contributed by atoms with van der Waals surface area (Å²) in [6.45, 7) is 0.534. The monoisotopic (exact) mass is 319 g/mol. The SMILES string of the molecule is N#Cc1nc(/C=C/c2ccc(F)cc2)oc1NCc1ccccc1. The summed E-state index contributed by atoms with van der Waals surface area (Å²) >= 11 is 0. The molecule has 0 aliphatic rings. The average Bonchev–Trinajstić information content (AvgIpc) is 3.03. The minimum absolute atomic E-state index is 0.199. The zero-order valence-electron chi connectivity index (χ0n) is 12.7. The molecule has 0 amide bonds. The summed E-state index contributed by atoms with van der Waals surface area (Å²) in [7, 11) is 0. The van der Waals surface area contributed by atoms with Crippen molar-refractivity contribution in [2.75, 3.05) is 5.32 Å². The fourth-order valence-electron chi connectivity index (χ4n) is 2.12. The van der Waals surface area contributed by atoms with Crippen molar-refractivity contribution >= 4 is 18.0 Å². The Morgan fingerprint density at radius 2 is 1.83 bits per heavy atom. The van der Waals surface area contributed by atoms with Crippen LogP contribution in [0.2, 0.25) is 0 Å². The van der Waals surface area contributed by atoms with Gasteiger partial charge in [0.1, 0.15) is 11.9 Å². The maximum Gasteiger partial charge on any atom is 0.232 e. The first-order valence-electron chi connectivity index (χ1n) is 7.37. The third-order valence-electron chi connectivity index (χ3n) is 3.33. The molecule has 1 aromatic heterocycles. The van der Waals surface area contributed by atoms with E-state index in [2.05, 4.69) is 10.3 Å². The van der Waals surface area contributed by atoms with Crippen LogP contribution in [0.1, 0.15) is 22.7 Å². The zero-order valence-corrected chi connectivity index (χ0v) is 12.7. The highest BCUT2D eigenvalue weighted by Gasteiger charge is 2.10. The quantitative estimate of drug-likeness (QED) is 0.754. The van der Waals surface area contributed by atoms with Gasteiger partial charge in [-0.15, -0.1) is 0 Å². The molecule has 5 heteroatoms. The maximum absolute atomic E-state index is 12.9. The van der Waals surface area contributed by atoms with E-state index in [1.165, 1.54) is 12.1 Å². The lowest BCUT2D eigenvalue weighted by atomic mass is 10.2. The first-order valence-corrected chi connectivity index (χ1v) is 7.37. The highest BCUT2D eigenvalue weighted by molar-refractivity contribution is 5.67. The molecule has 1 N–H and O–H groups in total. The van der Waals surface area contributed by atoms with Crippen LogP contribution in [0.3, 0.4) is 0 Å². The molecule has 118 valence electrons. The summed E-state index contributed by atoms with van der Waals surface area (Å²) < 4.78 is 18.4. The fourth-order valence-corrected chi connectivity index (χ4v) is 2.12. The Morgan fingerprint density at radius 3 is 2.54 bits per heavy atom. The van der Waals surface area contributed by atoms with Crippen LogP contribution in [-0.4, -0.2) is 4.98 Å². The van der Waals surface area contributed by atoms with E-state index < -0.39 is 0 Å². The smallest absolute Gasteiger partial charge is 0.232 e. The predicted molar refractivity (Wildman–Crippen MR) is 90.3 cm³/mol. The van der Waals surface area contributed by atoms with Crippen LogP contribution in [-0.2, 0) is 6.54 Å². The van der Waals surface area contributed by atoms with Gasteiger partial charge in [0.25, 0.3) is 0 Å². The summed E-state index contributed by atoms with van der Waals surface area (Å²) in [5.41, 5.74) is 2.08. The number of rotatable bonds is 5. The van der Waals surface area contributed by atoms with Gasteiger partial charge < -0.3 is 9.73 Å². The van der Waals surface area contributed by atoms with Gasteiger partial charge in [-0.05, 0) is 29.3 Å². The molecule has 0 saturated heterocycles. The molecule has 0 aliphatic carbocycles. The largest absolute Gasteiger partial charge is 0.420 e. The molecule has 1 heterocycles. The third kappa shape index (κ3) is 3.87. The highest BCUT2D eigenvalue weighted by Crippen LogP contribution is 2.19. The lowest BCUT2D eigenvalue weighted by Gasteiger charge is -2.02. The number of hydrogen-bond donors (Lipinski definition) is 1. The minimum atomic E-state index is -0.289. The highest BCUT2D eigenvalue weighted by atomic mass is 19.1. The zero-order chi connectivity index (χ0) is 16.8. The number of nitrogens with zero attached hydrogens (tertiary/aromatic N) is 2. The van der Waals surface area contributed by atoms with Gasteiger partial charge in [0.05, 0.1) is 0 Å². The Bertz CT molecular complexity index is 877. The van der Waals surface area contributed by atoms with Crippen molar-refractivity contribution in [3.8, 4) is 6.07 Å².